The number of rotatable bonds is 10. The Hall–Kier alpha value is -2.05. The first-order chi connectivity index (χ1) is 14.4. The van der Waals surface area contributed by atoms with Crippen molar-refractivity contribution in [2.45, 2.75) is 46.2 Å². The fraction of sp³-hybridized carbons (Fsp3) is 0.391. The fourth-order valence-corrected chi connectivity index (χ4v) is 3.80. The first-order valence-corrected chi connectivity index (χ1v) is 11.2. The van der Waals surface area contributed by atoms with E-state index < -0.39 is 6.04 Å². The van der Waals surface area contributed by atoms with E-state index in [1.165, 1.54) is 0 Å². The average molecular weight is 496 g/mol. The minimum absolute atomic E-state index is 0.150. The van der Waals surface area contributed by atoms with Crippen LogP contribution < -0.4 is 10.1 Å². The highest BCUT2D eigenvalue weighted by Gasteiger charge is 2.29. The van der Waals surface area contributed by atoms with Crippen molar-refractivity contribution in [3.63, 3.8) is 0 Å². The number of carbonyl (C=O) groups excluding carboxylic acids is 2. The number of ether oxygens (including phenoxy) is 1. The highest BCUT2D eigenvalue weighted by Crippen LogP contribution is 2.28. The third kappa shape index (κ3) is 6.74. The molecule has 2 aromatic rings. The van der Waals surface area contributed by atoms with Crippen LogP contribution in [0.5, 0.6) is 5.75 Å². The van der Waals surface area contributed by atoms with Gasteiger partial charge in [-0.3, -0.25) is 9.59 Å². The minimum atomic E-state index is -0.576. The molecule has 30 heavy (non-hydrogen) atoms. The van der Waals surface area contributed by atoms with Crippen LogP contribution in [-0.4, -0.2) is 35.9 Å². The minimum Gasteiger partial charge on any atom is -0.482 e. The Kier molecular flexibility index (Phi) is 9.66. The third-order valence-corrected chi connectivity index (χ3v) is 5.57. The average Bonchev–Trinajstić information content (AvgIpc) is 2.72. The van der Waals surface area contributed by atoms with Gasteiger partial charge in [-0.1, -0.05) is 65.6 Å². The largest absolute Gasteiger partial charge is 0.482 e. The van der Waals surface area contributed by atoms with Crippen molar-refractivity contribution in [2.24, 2.45) is 0 Å². The second-order valence-corrected chi connectivity index (χ2v) is 8.35. The summed E-state index contributed by atoms with van der Waals surface area (Å²) in [7, 11) is 0. The smallest absolute Gasteiger partial charge is 0.261 e. The molecule has 1 atom stereocenters. The van der Waals surface area contributed by atoms with Gasteiger partial charge in [-0.15, -0.1) is 0 Å². The molecule has 2 rings (SSSR count). The van der Waals surface area contributed by atoms with Crippen LogP contribution in [-0.2, 0) is 16.1 Å². The summed E-state index contributed by atoms with van der Waals surface area (Å²) < 4.78 is 6.51. The van der Waals surface area contributed by atoms with Gasteiger partial charge < -0.3 is 15.0 Å². The van der Waals surface area contributed by atoms with Crippen molar-refractivity contribution in [1.82, 2.24) is 10.2 Å². The maximum atomic E-state index is 13.2. The molecule has 0 spiro atoms. The summed E-state index contributed by atoms with van der Waals surface area (Å²) in [6.45, 7) is 6.60. The molecular formula is C23H28BrClN2O3. The van der Waals surface area contributed by atoms with Gasteiger partial charge in [0.2, 0.25) is 5.91 Å². The predicted octanol–water partition coefficient (Wildman–Crippen LogP) is 5.12. The quantitative estimate of drug-likeness (QED) is 0.497. The number of carbonyl (C=O) groups is 2. The van der Waals surface area contributed by atoms with E-state index in [1.807, 2.05) is 45.0 Å². The number of halogens is 2. The maximum absolute atomic E-state index is 13.2. The molecule has 0 saturated carbocycles. The lowest BCUT2D eigenvalue weighted by Crippen LogP contribution is -2.50. The summed E-state index contributed by atoms with van der Waals surface area (Å²) in [6.07, 6.45) is 1.34. The van der Waals surface area contributed by atoms with Crippen molar-refractivity contribution in [2.75, 3.05) is 13.2 Å². The van der Waals surface area contributed by atoms with E-state index >= 15 is 0 Å². The van der Waals surface area contributed by atoms with Gasteiger partial charge in [0, 0.05) is 17.6 Å². The normalized spacial score (nSPS) is 11.6. The number of hydrogen-bond acceptors (Lipinski definition) is 3. The second kappa shape index (κ2) is 12.0. The molecule has 2 amide bonds. The second-order valence-electron chi connectivity index (χ2n) is 7.03. The summed E-state index contributed by atoms with van der Waals surface area (Å²) in [5.74, 6) is 0.00577. The third-order valence-electron chi connectivity index (χ3n) is 4.78. The van der Waals surface area contributed by atoms with Gasteiger partial charge in [-0.05, 0) is 49.1 Å². The summed E-state index contributed by atoms with van der Waals surface area (Å²) in [4.78, 5) is 27.5. The van der Waals surface area contributed by atoms with E-state index in [9.17, 15) is 9.59 Å². The summed E-state index contributed by atoms with van der Waals surface area (Å²) >= 11 is 9.55. The zero-order chi connectivity index (χ0) is 22.1. The van der Waals surface area contributed by atoms with Gasteiger partial charge in [0.1, 0.15) is 11.8 Å². The number of nitrogens with one attached hydrogen (secondary N) is 1. The van der Waals surface area contributed by atoms with Crippen LogP contribution in [0.2, 0.25) is 5.02 Å². The summed E-state index contributed by atoms with van der Waals surface area (Å²) in [6, 6.07) is 12.5. The molecule has 0 saturated heterocycles. The molecule has 0 aromatic heterocycles. The van der Waals surface area contributed by atoms with E-state index in [4.69, 9.17) is 16.3 Å². The molecule has 0 radical (unpaired) electrons. The number of hydrogen-bond donors (Lipinski definition) is 1. The van der Waals surface area contributed by atoms with Crippen LogP contribution in [0, 0.1) is 6.92 Å². The molecule has 7 heteroatoms. The lowest BCUT2D eigenvalue weighted by Gasteiger charge is -2.31. The predicted molar refractivity (Wildman–Crippen MR) is 124 cm³/mol. The van der Waals surface area contributed by atoms with Crippen molar-refractivity contribution in [3.8, 4) is 5.75 Å². The molecule has 1 N–H and O–H groups in total. The molecule has 0 aliphatic heterocycles. The molecule has 162 valence electrons. The van der Waals surface area contributed by atoms with Crippen LogP contribution >= 0.6 is 27.5 Å². The highest BCUT2D eigenvalue weighted by molar-refractivity contribution is 9.10. The first-order valence-electron chi connectivity index (χ1n) is 10.1. The van der Waals surface area contributed by atoms with Gasteiger partial charge in [0.15, 0.2) is 6.61 Å². The zero-order valence-corrected chi connectivity index (χ0v) is 19.9. The Balaban J connectivity index is 2.22. The molecule has 0 aliphatic rings. The Bertz CT molecular complexity index is 875. The molecule has 0 unspecified atom stereocenters. The van der Waals surface area contributed by atoms with Crippen molar-refractivity contribution in [3.05, 3.63) is 63.1 Å². The van der Waals surface area contributed by atoms with Gasteiger partial charge in [-0.25, -0.2) is 0 Å². The standard InChI is InChI=1S/C23H28BrClN2O3/c1-4-12-26-23(29)20(5-2)27(14-17-9-7-6-8-16(17)3)22(28)15-30-21-11-10-18(24)13-19(21)25/h6-11,13,20H,4-5,12,14-15H2,1-3H3,(H,26,29)/t20-/m1/s1. The molecular weight excluding hydrogens is 468 g/mol. The Morgan fingerprint density at radius 1 is 1.20 bits per heavy atom. The molecule has 0 aliphatic carbocycles. The number of nitrogens with zero attached hydrogens (tertiary/aromatic N) is 1. The molecule has 5 nitrogen and oxygen atoms in total. The van der Waals surface area contributed by atoms with Crippen LogP contribution in [0.3, 0.4) is 0 Å². The summed E-state index contributed by atoms with van der Waals surface area (Å²) in [5, 5.41) is 3.32. The van der Waals surface area contributed by atoms with Crippen molar-refractivity contribution in [1.29, 1.82) is 0 Å². The van der Waals surface area contributed by atoms with Crippen LogP contribution in [0.25, 0.3) is 0 Å². The molecule has 2 aromatic carbocycles. The maximum Gasteiger partial charge on any atom is 0.261 e. The fourth-order valence-electron chi connectivity index (χ4n) is 3.07. The molecule has 0 bridgehead atoms. The Morgan fingerprint density at radius 3 is 2.57 bits per heavy atom. The SMILES string of the molecule is CCCNC(=O)[C@@H](CC)N(Cc1ccccc1C)C(=O)COc1ccc(Br)cc1Cl. The van der Waals surface area contributed by atoms with E-state index in [1.54, 1.807) is 23.1 Å². The van der Waals surface area contributed by atoms with Crippen LogP contribution in [0.1, 0.15) is 37.8 Å². The van der Waals surface area contributed by atoms with E-state index in [0.29, 0.717) is 30.3 Å². The summed E-state index contributed by atoms with van der Waals surface area (Å²) in [5.41, 5.74) is 2.06. The monoisotopic (exact) mass is 494 g/mol. The topological polar surface area (TPSA) is 58.6 Å². The van der Waals surface area contributed by atoms with Crippen molar-refractivity contribution >= 4 is 39.3 Å². The van der Waals surface area contributed by atoms with E-state index in [2.05, 4.69) is 21.2 Å². The van der Waals surface area contributed by atoms with Gasteiger partial charge >= 0.3 is 0 Å². The highest BCUT2D eigenvalue weighted by atomic mass is 79.9. The van der Waals surface area contributed by atoms with E-state index in [-0.39, 0.29) is 18.4 Å². The van der Waals surface area contributed by atoms with Gasteiger partial charge in [0.25, 0.3) is 5.91 Å². The number of aryl methyl sites for hydroxylation is 1. The van der Waals surface area contributed by atoms with Gasteiger partial charge in [0.05, 0.1) is 5.02 Å². The van der Waals surface area contributed by atoms with Crippen LogP contribution in [0.4, 0.5) is 0 Å². The lowest BCUT2D eigenvalue weighted by atomic mass is 10.1. The molecule has 0 fully saturated rings. The van der Waals surface area contributed by atoms with Crippen LogP contribution in [0.15, 0.2) is 46.9 Å². The number of benzene rings is 2. The Labute approximate surface area is 191 Å². The zero-order valence-electron chi connectivity index (χ0n) is 17.6. The van der Waals surface area contributed by atoms with E-state index in [0.717, 1.165) is 22.0 Å². The Morgan fingerprint density at radius 2 is 1.93 bits per heavy atom. The first kappa shape index (κ1) is 24.2. The van der Waals surface area contributed by atoms with Gasteiger partial charge in [-0.2, -0.15) is 0 Å². The number of amides is 2. The lowest BCUT2D eigenvalue weighted by molar-refractivity contribution is -0.143. The van der Waals surface area contributed by atoms with Crippen molar-refractivity contribution < 1.29 is 14.3 Å². The molecule has 0 heterocycles.